The fourth-order valence-electron chi connectivity index (χ4n) is 11.1. The molecule has 0 unspecified atom stereocenters. The molecule has 1 aliphatic heterocycles. The van der Waals surface area contributed by atoms with Crippen molar-refractivity contribution in [3.05, 3.63) is 0 Å². The highest BCUT2D eigenvalue weighted by atomic mass is 16.5. The van der Waals surface area contributed by atoms with Crippen LogP contribution in [0.4, 0.5) is 0 Å². The Balaban J connectivity index is 1.44. The van der Waals surface area contributed by atoms with E-state index in [9.17, 15) is 10.3 Å². The quantitative estimate of drug-likeness (QED) is 0.329. The van der Waals surface area contributed by atoms with Gasteiger partial charge in [0.2, 0.25) is 0 Å². The van der Waals surface area contributed by atoms with Gasteiger partial charge in [0.25, 0.3) is 0 Å². The van der Waals surface area contributed by atoms with Crippen LogP contribution < -0.4 is 0 Å². The summed E-state index contributed by atoms with van der Waals surface area (Å²) in [7, 11) is 0. The summed E-state index contributed by atoms with van der Waals surface area (Å²) < 4.78 is 6.73. The number of oxime groups is 1. The number of aliphatic hydroxyl groups is 1. The molecule has 2 N–H and O–H groups in total. The van der Waals surface area contributed by atoms with Gasteiger partial charge in [-0.05, 0) is 125 Å². The summed E-state index contributed by atoms with van der Waals surface area (Å²) in [5.74, 6) is 2.65. The van der Waals surface area contributed by atoms with Crippen LogP contribution in [0, 0.1) is 45.3 Å². The lowest BCUT2D eigenvalue weighted by Crippen LogP contribution is -2.63. The van der Waals surface area contributed by atoms with Crippen molar-refractivity contribution in [3.8, 4) is 0 Å². The third-order valence-electron chi connectivity index (χ3n) is 13.2. The van der Waals surface area contributed by atoms with E-state index >= 15 is 0 Å². The molecule has 0 amide bonds. The number of nitrogens with zero attached hydrogens (tertiary/aromatic N) is 1. The molecule has 1 heterocycles. The SMILES string of the molecule is CC(C)(O)[C@@H]1CC[C@@](C)([C@H]2CC[C@@]3(C)[C@@H]2CC[C@H]2[C@]4(C)CCC(=NO)C(C)(C)[C@H]4CC[C@@]23C)O1. The minimum atomic E-state index is -0.763. The molecule has 5 fully saturated rings. The van der Waals surface area contributed by atoms with Crippen LogP contribution in [-0.2, 0) is 4.74 Å². The first-order valence-electron chi connectivity index (χ1n) is 14.3. The molecule has 9 atom stereocenters. The Morgan fingerprint density at radius 1 is 0.794 bits per heavy atom. The molecule has 0 spiro atoms. The minimum Gasteiger partial charge on any atom is -0.411 e. The highest BCUT2D eigenvalue weighted by Gasteiger charge is 2.69. The summed E-state index contributed by atoms with van der Waals surface area (Å²) in [4.78, 5) is 0. The van der Waals surface area contributed by atoms with Gasteiger partial charge in [0, 0.05) is 5.41 Å². The molecule has 194 valence electrons. The Morgan fingerprint density at radius 2 is 1.47 bits per heavy atom. The van der Waals surface area contributed by atoms with Gasteiger partial charge < -0.3 is 15.1 Å². The van der Waals surface area contributed by atoms with E-state index in [1.54, 1.807) is 0 Å². The predicted molar refractivity (Wildman–Crippen MR) is 137 cm³/mol. The van der Waals surface area contributed by atoms with Gasteiger partial charge in [-0.25, -0.2) is 0 Å². The highest BCUT2D eigenvalue weighted by Crippen LogP contribution is 2.76. The van der Waals surface area contributed by atoms with Gasteiger partial charge in [0.1, 0.15) is 0 Å². The number of rotatable bonds is 2. The normalized spacial score (nSPS) is 53.9. The number of fused-ring (bicyclic) bond motifs is 5. The fraction of sp³-hybridized carbons (Fsp3) is 0.967. The van der Waals surface area contributed by atoms with Crippen molar-refractivity contribution >= 4 is 5.71 Å². The summed E-state index contributed by atoms with van der Waals surface area (Å²) in [6.07, 6.45) is 11.9. The van der Waals surface area contributed by atoms with Gasteiger partial charge in [0.15, 0.2) is 0 Å². The molecule has 4 aliphatic carbocycles. The Hall–Kier alpha value is -0.610. The molecule has 0 aromatic heterocycles. The standard InChI is InChI=1S/C30H51NO3/c1-25(2)21-12-17-29(7)22(27(21,5)15-13-23(25)31-33)10-9-19-20(11-16-28(19,29)6)30(8)18-14-24(34-30)26(3,4)32/h19-22,24,32-33H,9-18H2,1-8H3/t19-,20+,21-,22+,24+,27-,28+,29+,30+/m1/s1. The summed E-state index contributed by atoms with van der Waals surface area (Å²) >= 11 is 0. The van der Waals surface area contributed by atoms with E-state index in [0.29, 0.717) is 34.0 Å². The first-order valence-corrected chi connectivity index (χ1v) is 14.3. The zero-order valence-corrected chi connectivity index (χ0v) is 23.2. The maximum Gasteiger partial charge on any atom is 0.0865 e. The molecule has 34 heavy (non-hydrogen) atoms. The monoisotopic (exact) mass is 473 g/mol. The smallest absolute Gasteiger partial charge is 0.0865 e. The molecular weight excluding hydrogens is 422 g/mol. The van der Waals surface area contributed by atoms with Gasteiger partial charge in [-0.1, -0.05) is 39.8 Å². The highest BCUT2D eigenvalue weighted by molar-refractivity contribution is 5.90. The van der Waals surface area contributed by atoms with Crippen molar-refractivity contribution in [3.63, 3.8) is 0 Å². The molecule has 4 nitrogen and oxygen atoms in total. The van der Waals surface area contributed by atoms with Crippen LogP contribution in [0.2, 0.25) is 0 Å². The molecule has 4 heteroatoms. The van der Waals surface area contributed by atoms with E-state index in [0.717, 1.165) is 30.9 Å². The number of ether oxygens (including phenoxy) is 1. The van der Waals surface area contributed by atoms with Crippen LogP contribution in [0.15, 0.2) is 5.16 Å². The Labute approximate surface area is 208 Å². The topological polar surface area (TPSA) is 62.1 Å². The van der Waals surface area contributed by atoms with Gasteiger partial charge >= 0.3 is 0 Å². The van der Waals surface area contributed by atoms with Crippen LogP contribution in [-0.4, -0.2) is 33.3 Å². The summed E-state index contributed by atoms with van der Waals surface area (Å²) in [6, 6.07) is 0. The molecule has 5 aliphatic rings. The van der Waals surface area contributed by atoms with E-state index in [1.807, 2.05) is 13.8 Å². The lowest BCUT2D eigenvalue weighted by molar-refractivity contribution is -0.201. The molecule has 5 rings (SSSR count). The van der Waals surface area contributed by atoms with Crippen LogP contribution in [0.1, 0.15) is 120 Å². The lowest BCUT2D eigenvalue weighted by atomic mass is 9.35. The third kappa shape index (κ3) is 3.12. The van der Waals surface area contributed by atoms with Crippen LogP contribution >= 0.6 is 0 Å². The third-order valence-corrected chi connectivity index (χ3v) is 13.2. The molecule has 0 bridgehead atoms. The minimum absolute atomic E-state index is 0.0175. The summed E-state index contributed by atoms with van der Waals surface area (Å²) in [5.41, 5.74) is 1.16. The van der Waals surface area contributed by atoms with Crippen molar-refractivity contribution in [2.45, 2.75) is 137 Å². The van der Waals surface area contributed by atoms with Crippen molar-refractivity contribution < 1.29 is 15.1 Å². The Morgan fingerprint density at radius 3 is 2.09 bits per heavy atom. The molecular formula is C30H51NO3. The predicted octanol–water partition coefficient (Wildman–Crippen LogP) is 7.21. The zero-order valence-electron chi connectivity index (χ0n) is 23.2. The van der Waals surface area contributed by atoms with Gasteiger partial charge in [-0.3, -0.25) is 0 Å². The van der Waals surface area contributed by atoms with Crippen molar-refractivity contribution in [2.24, 2.45) is 50.5 Å². The maximum atomic E-state index is 10.6. The zero-order chi connectivity index (χ0) is 24.9. The van der Waals surface area contributed by atoms with Crippen molar-refractivity contribution in [2.75, 3.05) is 0 Å². The van der Waals surface area contributed by atoms with E-state index in [-0.39, 0.29) is 17.1 Å². The van der Waals surface area contributed by atoms with E-state index in [4.69, 9.17) is 4.74 Å². The van der Waals surface area contributed by atoms with Crippen LogP contribution in [0.25, 0.3) is 0 Å². The van der Waals surface area contributed by atoms with Crippen LogP contribution in [0.3, 0.4) is 0 Å². The average Bonchev–Trinajstić information content (AvgIpc) is 3.30. The second-order valence-corrected chi connectivity index (χ2v) is 15.2. The van der Waals surface area contributed by atoms with Gasteiger partial charge in [0.05, 0.1) is 23.0 Å². The Kier molecular flexibility index (Phi) is 5.50. The molecule has 1 saturated heterocycles. The van der Waals surface area contributed by atoms with Crippen molar-refractivity contribution in [1.82, 2.24) is 0 Å². The molecule has 0 radical (unpaired) electrons. The van der Waals surface area contributed by atoms with Crippen molar-refractivity contribution in [1.29, 1.82) is 0 Å². The largest absolute Gasteiger partial charge is 0.411 e. The summed E-state index contributed by atoms with van der Waals surface area (Å²) in [6.45, 7) is 18.8. The molecule has 0 aromatic rings. The first-order chi connectivity index (χ1) is 15.6. The maximum absolute atomic E-state index is 10.6. The van der Waals surface area contributed by atoms with E-state index < -0.39 is 5.60 Å². The first kappa shape index (κ1) is 25.1. The van der Waals surface area contributed by atoms with Crippen LogP contribution in [0.5, 0.6) is 0 Å². The summed E-state index contributed by atoms with van der Waals surface area (Å²) in [5, 5.41) is 24.2. The van der Waals surface area contributed by atoms with Gasteiger partial charge in [-0.2, -0.15) is 0 Å². The van der Waals surface area contributed by atoms with E-state index in [2.05, 4.69) is 46.7 Å². The second-order valence-electron chi connectivity index (χ2n) is 15.2. The second kappa shape index (κ2) is 7.46. The lowest BCUT2D eigenvalue weighted by Gasteiger charge is -2.69. The van der Waals surface area contributed by atoms with E-state index in [1.165, 1.54) is 44.9 Å². The number of hydrogen-bond donors (Lipinski definition) is 2. The Bertz CT molecular complexity index is 860. The number of hydrogen-bond acceptors (Lipinski definition) is 4. The van der Waals surface area contributed by atoms with Gasteiger partial charge in [-0.15, -0.1) is 0 Å². The fourth-order valence-corrected chi connectivity index (χ4v) is 11.1. The molecule has 4 saturated carbocycles. The average molecular weight is 474 g/mol. The molecule has 0 aromatic carbocycles.